The number of hydrogen-bond donors (Lipinski definition) is 1. The van der Waals surface area contributed by atoms with Crippen LogP contribution in [0.2, 0.25) is 0 Å². The minimum absolute atomic E-state index is 0.0803. The van der Waals surface area contributed by atoms with E-state index in [4.69, 9.17) is 5.73 Å². The summed E-state index contributed by atoms with van der Waals surface area (Å²) in [4.78, 5) is 3.63. The Labute approximate surface area is 87.9 Å². The van der Waals surface area contributed by atoms with Gasteiger partial charge in [-0.3, -0.25) is 4.98 Å². The average Bonchev–Trinajstić information content (AvgIpc) is 2.64. The van der Waals surface area contributed by atoms with E-state index in [1.165, 1.54) is 12.1 Å². The van der Waals surface area contributed by atoms with Gasteiger partial charge in [0.2, 0.25) is 5.88 Å². The maximum absolute atomic E-state index is 12.2. The molecule has 0 aliphatic rings. The maximum atomic E-state index is 12.2. The number of pyridine rings is 1. The van der Waals surface area contributed by atoms with Crippen LogP contribution in [-0.4, -0.2) is 10.1 Å². The van der Waals surface area contributed by atoms with Crippen molar-refractivity contribution in [1.29, 1.82) is 0 Å². The number of anilines is 1. The highest BCUT2D eigenvalue weighted by Crippen LogP contribution is 2.29. The third kappa shape index (κ3) is 1.97. The van der Waals surface area contributed by atoms with Crippen molar-refractivity contribution in [3.63, 3.8) is 0 Å². The Bertz CT molecular complexity index is 489. The van der Waals surface area contributed by atoms with Crippen LogP contribution in [0.4, 0.5) is 19.1 Å². The zero-order chi connectivity index (χ0) is 11.8. The number of hydrogen-bond acceptors (Lipinski definition) is 4. The van der Waals surface area contributed by atoms with E-state index in [2.05, 4.69) is 14.7 Å². The van der Waals surface area contributed by atoms with Crippen molar-refractivity contribution in [3.05, 3.63) is 30.0 Å². The molecular formula is C9H6F3N3O. The predicted molar refractivity (Wildman–Crippen MR) is 49.1 cm³/mol. The lowest BCUT2D eigenvalue weighted by molar-refractivity contribution is -0.137. The smallest absolute Gasteiger partial charge is 0.368 e. The summed E-state index contributed by atoms with van der Waals surface area (Å²) < 4.78 is 41.3. The second-order valence-corrected chi connectivity index (χ2v) is 3.04. The Morgan fingerprint density at radius 1 is 1.19 bits per heavy atom. The molecule has 84 valence electrons. The number of alkyl halides is 3. The summed E-state index contributed by atoms with van der Waals surface area (Å²) in [6.45, 7) is 0. The maximum Gasteiger partial charge on any atom is 0.417 e. The van der Waals surface area contributed by atoms with Gasteiger partial charge in [-0.1, -0.05) is 5.16 Å². The third-order valence-corrected chi connectivity index (χ3v) is 1.88. The Hall–Kier alpha value is -2.05. The Morgan fingerprint density at radius 2 is 1.94 bits per heavy atom. The van der Waals surface area contributed by atoms with Crippen molar-refractivity contribution >= 4 is 5.88 Å². The van der Waals surface area contributed by atoms with Gasteiger partial charge in [0.1, 0.15) is 5.69 Å². The summed E-state index contributed by atoms with van der Waals surface area (Å²) in [5.74, 6) is 0.0803. The molecule has 4 nitrogen and oxygen atoms in total. The van der Waals surface area contributed by atoms with Crippen LogP contribution in [-0.2, 0) is 6.18 Å². The summed E-state index contributed by atoms with van der Waals surface area (Å²) in [5, 5.41) is 3.53. The van der Waals surface area contributed by atoms with E-state index in [9.17, 15) is 13.2 Å². The zero-order valence-corrected chi connectivity index (χ0v) is 7.82. The van der Waals surface area contributed by atoms with Crippen molar-refractivity contribution in [2.45, 2.75) is 6.18 Å². The van der Waals surface area contributed by atoms with E-state index in [1.807, 2.05) is 0 Å². The van der Waals surface area contributed by atoms with Gasteiger partial charge in [0.15, 0.2) is 0 Å². The fourth-order valence-electron chi connectivity index (χ4n) is 1.12. The lowest BCUT2D eigenvalue weighted by Gasteiger charge is -2.05. The van der Waals surface area contributed by atoms with E-state index in [1.54, 1.807) is 0 Å². The summed E-state index contributed by atoms with van der Waals surface area (Å²) in [6.07, 6.45) is -3.66. The van der Waals surface area contributed by atoms with Crippen LogP contribution < -0.4 is 5.73 Å². The highest BCUT2D eigenvalue weighted by Gasteiger charge is 2.30. The highest BCUT2D eigenvalue weighted by molar-refractivity contribution is 5.56. The van der Waals surface area contributed by atoms with Crippen molar-refractivity contribution in [2.75, 3.05) is 5.73 Å². The molecule has 16 heavy (non-hydrogen) atoms. The number of nitrogens with two attached hydrogens (primary N) is 1. The molecule has 2 rings (SSSR count). The van der Waals surface area contributed by atoms with Crippen molar-refractivity contribution in [3.8, 4) is 11.4 Å². The van der Waals surface area contributed by atoms with Crippen LogP contribution in [0, 0.1) is 0 Å². The first-order chi connectivity index (χ1) is 7.47. The molecule has 0 atom stereocenters. The van der Waals surface area contributed by atoms with Crippen LogP contribution in [0.3, 0.4) is 0 Å². The molecule has 7 heteroatoms. The molecule has 0 saturated carbocycles. The first-order valence-electron chi connectivity index (χ1n) is 4.22. The summed E-state index contributed by atoms with van der Waals surface area (Å²) >= 11 is 0. The van der Waals surface area contributed by atoms with Gasteiger partial charge in [0.25, 0.3) is 0 Å². The van der Waals surface area contributed by atoms with E-state index < -0.39 is 11.7 Å². The van der Waals surface area contributed by atoms with Crippen LogP contribution in [0.5, 0.6) is 0 Å². The number of nitrogen functional groups attached to an aromatic ring is 1. The zero-order valence-electron chi connectivity index (χ0n) is 7.82. The summed E-state index contributed by atoms with van der Waals surface area (Å²) in [7, 11) is 0. The minimum Gasteiger partial charge on any atom is -0.368 e. The second kappa shape index (κ2) is 3.51. The van der Waals surface area contributed by atoms with E-state index in [0.29, 0.717) is 5.69 Å². The van der Waals surface area contributed by atoms with Crippen molar-refractivity contribution in [1.82, 2.24) is 10.1 Å². The number of nitrogens with zero attached hydrogens (tertiary/aromatic N) is 2. The minimum atomic E-state index is -4.39. The molecule has 0 spiro atoms. The molecule has 2 aromatic heterocycles. The van der Waals surface area contributed by atoms with Crippen molar-refractivity contribution < 1.29 is 17.7 Å². The van der Waals surface area contributed by atoms with Gasteiger partial charge >= 0.3 is 6.18 Å². The van der Waals surface area contributed by atoms with Gasteiger partial charge in [-0.25, -0.2) is 0 Å². The monoisotopic (exact) mass is 229 g/mol. The first-order valence-corrected chi connectivity index (χ1v) is 4.22. The Morgan fingerprint density at radius 3 is 2.38 bits per heavy atom. The SMILES string of the molecule is Nc1cc(-c2ccc(C(F)(F)F)cn2)no1. The standard InChI is InChI=1S/C9H6F3N3O/c10-9(11,12)5-1-2-6(14-4-5)7-3-8(13)16-15-7/h1-4H,13H2. The fraction of sp³-hybridized carbons (Fsp3) is 0.111. The molecule has 2 aromatic rings. The van der Waals surface area contributed by atoms with E-state index in [-0.39, 0.29) is 11.6 Å². The number of rotatable bonds is 1. The van der Waals surface area contributed by atoms with Gasteiger partial charge in [-0.2, -0.15) is 13.2 Å². The first kappa shape index (κ1) is 10.5. The number of halogens is 3. The molecule has 0 aromatic carbocycles. The molecular weight excluding hydrogens is 223 g/mol. The topological polar surface area (TPSA) is 64.9 Å². The van der Waals surface area contributed by atoms with E-state index >= 15 is 0 Å². The van der Waals surface area contributed by atoms with Gasteiger partial charge in [-0.15, -0.1) is 0 Å². The van der Waals surface area contributed by atoms with E-state index in [0.717, 1.165) is 12.3 Å². The molecule has 0 radical (unpaired) electrons. The molecule has 2 N–H and O–H groups in total. The molecule has 0 bridgehead atoms. The third-order valence-electron chi connectivity index (χ3n) is 1.88. The molecule has 0 fully saturated rings. The van der Waals surface area contributed by atoms with Crippen LogP contribution in [0.15, 0.2) is 28.9 Å². The summed E-state index contributed by atoms with van der Waals surface area (Å²) in [6, 6.07) is 3.52. The van der Waals surface area contributed by atoms with Crippen LogP contribution >= 0.6 is 0 Å². The Balaban J connectivity index is 2.33. The highest BCUT2D eigenvalue weighted by atomic mass is 19.4. The van der Waals surface area contributed by atoms with Crippen LogP contribution in [0.1, 0.15) is 5.56 Å². The van der Waals surface area contributed by atoms with Crippen molar-refractivity contribution in [2.24, 2.45) is 0 Å². The average molecular weight is 229 g/mol. The Kier molecular flexibility index (Phi) is 2.30. The second-order valence-electron chi connectivity index (χ2n) is 3.04. The molecule has 0 saturated heterocycles. The largest absolute Gasteiger partial charge is 0.417 e. The lowest BCUT2D eigenvalue weighted by Crippen LogP contribution is -2.05. The van der Waals surface area contributed by atoms with Gasteiger partial charge in [-0.05, 0) is 12.1 Å². The summed E-state index contributed by atoms with van der Waals surface area (Å²) in [5.41, 5.74) is 5.03. The normalized spacial score (nSPS) is 11.7. The van der Waals surface area contributed by atoms with Gasteiger partial charge in [0.05, 0.1) is 11.3 Å². The van der Waals surface area contributed by atoms with Crippen LogP contribution in [0.25, 0.3) is 11.4 Å². The molecule has 0 unspecified atom stereocenters. The predicted octanol–water partition coefficient (Wildman–Crippen LogP) is 2.34. The van der Waals surface area contributed by atoms with Gasteiger partial charge < -0.3 is 10.3 Å². The molecule has 0 aliphatic heterocycles. The number of aromatic nitrogens is 2. The molecule has 0 amide bonds. The molecule has 2 heterocycles. The molecule has 0 aliphatic carbocycles. The lowest BCUT2D eigenvalue weighted by atomic mass is 10.2. The van der Waals surface area contributed by atoms with Gasteiger partial charge in [0, 0.05) is 12.3 Å². The quantitative estimate of drug-likeness (QED) is 0.815. The fourth-order valence-corrected chi connectivity index (χ4v) is 1.12.